The van der Waals surface area contributed by atoms with Crippen LogP contribution in [-0.4, -0.2) is 9.52 Å². The van der Waals surface area contributed by atoms with Crippen molar-refractivity contribution in [1.29, 1.82) is 0 Å². The maximum absolute atomic E-state index is 2.32. The van der Waals surface area contributed by atoms with Gasteiger partial charge in [0.05, 0.1) is 0 Å². The second kappa shape index (κ2) is 8.23. The van der Waals surface area contributed by atoms with Gasteiger partial charge in [0.2, 0.25) is 0 Å². The van der Waals surface area contributed by atoms with Crippen molar-refractivity contribution < 1.29 is 26.2 Å². The smallest absolute Gasteiger partial charge is 0.358 e. The van der Waals surface area contributed by atoms with Gasteiger partial charge in [-0.05, 0) is 9.52 Å². The third kappa shape index (κ3) is 3.41. The predicted octanol–water partition coefficient (Wildman–Crippen LogP) is 4.60. The molecule has 0 aliphatic carbocycles. The second-order valence-electron chi connectivity index (χ2n) is 5.70. The number of benzene rings is 2. The molecule has 118 valence electrons. The fraction of sp³-hybridized carbons (Fsp3) is 0.0909. The molecule has 4 rings (SSSR count). The average molecular weight is 406 g/mol. The van der Waals surface area contributed by atoms with Crippen LogP contribution in [0.5, 0.6) is 0 Å². The van der Waals surface area contributed by atoms with Gasteiger partial charge in [0.25, 0.3) is 0 Å². The Kier molecular flexibility index (Phi) is 7.13. The zero-order valence-electron chi connectivity index (χ0n) is 14.8. The predicted molar refractivity (Wildman–Crippen MR) is 106 cm³/mol. The molecule has 0 bridgehead atoms. The van der Waals surface area contributed by atoms with Crippen molar-refractivity contribution in [3.05, 3.63) is 86.6 Å². The first-order valence-corrected chi connectivity index (χ1v) is 8.31. The molecular weight excluding hydrogens is 384 g/mol. The molecule has 0 nitrogen and oxygen atoms in total. The standard InChI is InChI=1S/C20H16Si.2CH3.Zr/c1-13-11-15-7-3-5-9-17(15)19(13)21-20-14(2)12-16-8-4-6-10-18(16)20;;;/h3-12H,1-2H3;2*1H3;/q-2;2*-1;+4. The van der Waals surface area contributed by atoms with Gasteiger partial charge in [0.1, 0.15) is 0 Å². The molecule has 0 spiro atoms. The normalized spacial score (nSPS) is 10.1. The van der Waals surface area contributed by atoms with Crippen molar-refractivity contribution in [2.75, 3.05) is 0 Å². The van der Waals surface area contributed by atoms with Crippen molar-refractivity contribution in [2.45, 2.75) is 13.8 Å². The van der Waals surface area contributed by atoms with Crippen LogP contribution < -0.4 is 10.4 Å². The summed E-state index contributed by atoms with van der Waals surface area (Å²) in [7, 11) is 0.731. The van der Waals surface area contributed by atoms with E-state index in [9.17, 15) is 0 Å². The van der Waals surface area contributed by atoms with Gasteiger partial charge in [-0.1, -0.05) is 26.0 Å². The summed E-state index contributed by atoms with van der Waals surface area (Å²) in [4.78, 5) is 0. The third-order valence-corrected chi connectivity index (χ3v) is 6.07. The van der Waals surface area contributed by atoms with Crippen LogP contribution in [0.1, 0.15) is 11.1 Å². The van der Waals surface area contributed by atoms with E-state index in [1.54, 1.807) is 0 Å². The van der Waals surface area contributed by atoms with E-state index in [0.717, 1.165) is 9.52 Å². The molecule has 0 aliphatic heterocycles. The minimum absolute atomic E-state index is 0. The van der Waals surface area contributed by atoms with Crippen LogP contribution in [0.2, 0.25) is 0 Å². The van der Waals surface area contributed by atoms with Crippen LogP contribution >= 0.6 is 0 Å². The summed E-state index contributed by atoms with van der Waals surface area (Å²) >= 11 is 0. The molecule has 0 aliphatic rings. The SMILES string of the molecule is Cc1[cH-]c2ccccc2c1[Si]c1c(C)[cH-]c2ccccc12.[CH3-].[CH3-].[Zr+4]. The second-order valence-corrected chi connectivity index (χ2v) is 6.95. The molecule has 0 unspecified atom stereocenters. The Labute approximate surface area is 167 Å². The van der Waals surface area contributed by atoms with Crippen molar-refractivity contribution in [2.24, 2.45) is 0 Å². The minimum Gasteiger partial charge on any atom is -0.358 e. The zero-order valence-corrected chi connectivity index (χ0v) is 18.2. The molecule has 4 aromatic rings. The quantitative estimate of drug-likeness (QED) is 0.338. The molecule has 0 heterocycles. The van der Waals surface area contributed by atoms with E-state index in [1.807, 2.05) is 0 Å². The fourth-order valence-corrected chi connectivity index (χ4v) is 4.71. The number of aryl methyl sites for hydroxylation is 2. The number of hydrogen-bond acceptors (Lipinski definition) is 0. The maximum Gasteiger partial charge on any atom is 4.00 e. The maximum atomic E-state index is 2.32. The van der Waals surface area contributed by atoms with E-state index in [-0.39, 0.29) is 41.1 Å². The third-order valence-electron chi connectivity index (χ3n) is 4.24. The number of hydrogen-bond donors (Lipinski definition) is 0. The summed E-state index contributed by atoms with van der Waals surface area (Å²) in [5, 5.41) is 8.57. The summed E-state index contributed by atoms with van der Waals surface area (Å²) in [6.07, 6.45) is 0. The van der Waals surface area contributed by atoms with Crippen molar-refractivity contribution in [1.82, 2.24) is 0 Å². The van der Waals surface area contributed by atoms with Crippen LogP contribution in [0.3, 0.4) is 0 Å². The van der Waals surface area contributed by atoms with Crippen LogP contribution in [-0.2, 0) is 26.2 Å². The number of fused-ring (bicyclic) bond motifs is 2. The molecule has 24 heavy (non-hydrogen) atoms. The molecule has 2 heteroatoms. The Hall–Kier alpha value is -1.24. The average Bonchev–Trinajstić information content (AvgIpc) is 2.97. The summed E-state index contributed by atoms with van der Waals surface area (Å²) in [5.74, 6) is 0. The topological polar surface area (TPSA) is 0 Å². The molecule has 4 aromatic carbocycles. The van der Waals surface area contributed by atoms with E-state index >= 15 is 0 Å². The van der Waals surface area contributed by atoms with Crippen molar-refractivity contribution >= 4 is 41.4 Å². The Morgan fingerprint density at radius 2 is 1.04 bits per heavy atom. The van der Waals surface area contributed by atoms with Gasteiger partial charge in [-0.25, -0.2) is 0 Å². The molecule has 0 saturated carbocycles. The first-order valence-electron chi connectivity index (χ1n) is 7.31. The van der Waals surface area contributed by atoms with Crippen molar-refractivity contribution in [3.8, 4) is 0 Å². The molecule has 0 fully saturated rings. The van der Waals surface area contributed by atoms with Crippen molar-refractivity contribution in [3.63, 3.8) is 0 Å². The van der Waals surface area contributed by atoms with Gasteiger partial charge >= 0.3 is 26.2 Å². The molecule has 0 saturated heterocycles. The van der Waals surface area contributed by atoms with E-state index in [4.69, 9.17) is 0 Å². The van der Waals surface area contributed by atoms with E-state index < -0.39 is 0 Å². The van der Waals surface area contributed by atoms with Gasteiger partial charge in [-0.2, -0.15) is 10.4 Å². The van der Waals surface area contributed by atoms with E-state index in [1.165, 1.54) is 43.0 Å². The molecular formula is C22H22SiZr. The van der Waals surface area contributed by atoms with E-state index in [2.05, 4.69) is 74.5 Å². The van der Waals surface area contributed by atoms with Gasteiger partial charge in [0.15, 0.2) is 0 Å². The van der Waals surface area contributed by atoms with Crippen LogP contribution in [0.15, 0.2) is 60.7 Å². The van der Waals surface area contributed by atoms with Crippen LogP contribution in [0, 0.1) is 28.7 Å². The molecule has 2 radical (unpaired) electrons. The Bertz CT molecular complexity index is 865. The van der Waals surface area contributed by atoms with Crippen LogP contribution in [0.25, 0.3) is 21.5 Å². The minimum atomic E-state index is 0. The molecule has 0 amide bonds. The molecule has 0 atom stereocenters. The first kappa shape index (κ1) is 20.8. The Balaban J connectivity index is 0.000000960. The monoisotopic (exact) mass is 404 g/mol. The fourth-order valence-electron chi connectivity index (χ4n) is 3.19. The Morgan fingerprint density at radius 3 is 1.46 bits per heavy atom. The zero-order chi connectivity index (χ0) is 14.4. The van der Waals surface area contributed by atoms with Crippen LogP contribution in [0.4, 0.5) is 0 Å². The van der Waals surface area contributed by atoms with Gasteiger partial charge < -0.3 is 14.9 Å². The summed E-state index contributed by atoms with van der Waals surface area (Å²) in [5.41, 5.74) is 2.83. The van der Waals surface area contributed by atoms with E-state index in [0.29, 0.717) is 0 Å². The summed E-state index contributed by atoms with van der Waals surface area (Å²) < 4.78 is 0. The van der Waals surface area contributed by atoms with Gasteiger partial charge in [0, 0.05) is 0 Å². The molecule has 0 N–H and O–H groups in total. The Morgan fingerprint density at radius 1 is 0.667 bits per heavy atom. The number of rotatable bonds is 2. The largest absolute Gasteiger partial charge is 4.00 e. The van der Waals surface area contributed by atoms with Gasteiger partial charge in [-0.3, -0.25) is 0 Å². The van der Waals surface area contributed by atoms with Gasteiger partial charge in [-0.15, -0.1) is 81.2 Å². The molecule has 0 aromatic heterocycles. The first-order chi connectivity index (χ1) is 10.2. The summed E-state index contributed by atoms with van der Waals surface area (Å²) in [6, 6.07) is 22.1. The summed E-state index contributed by atoms with van der Waals surface area (Å²) in [6.45, 7) is 4.48.